The lowest BCUT2D eigenvalue weighted by Gasteiger charge is -2.02. The molecule has 5 nitrogen and oxygen atoms in total. The Hall–Kier alpha value is -2.08. The minimum atomic E-state index is -0.377. The third-order valence-electron chi connectivity index (χ3n) is 2.75. The highest BCUT2D eigenvalue weighted by atomic mass is 32.2. The summed E-state index contributed by atoms with van der Waals surface area (Å²) >= 11 is 1.35. The Morgan fingerprint density at radius 1 is 1.32 bits per heavy atom. The van der Waals surface area contributed by atoms with Gasteiger partial charge >= 0.3 is 5.63 Å². The number of fused-ring (bicyclic) bond motifs is 1. The highest BCUT2D eigenvalue weighted by Gasteiger charge is 2.16. The Bertz CT molecular complexity index is 764. The second-order valence-electron chi connectivity index (χ2n) is 4.18. The lowest BCUT2D eigenvalue weighted by Crippen LogP contribution is -2.19. The van der Waals surface area contributed by atoms with Crippen molar-refractivity contribution in [1.29, 1.82) is 0 Å². The number of nitrogens with one attached hydrogen (secondary N) is 1. The standard InChI is InChI=1S/C13H10N2O3S/c1-7-4-12(17)18-10-5-8(2-3-9(7)10)14-13-15-11(16)6-19-13/h2-5H,6H2,1H3,(H,14,15,16). The van der Waals surface area contributed by atoms with Crippen molar-refractivity contribution in [3.8, 4) is 0 Å². The van der Waals surface area contributed by atoms with Crippen LogP contribution in [0.15, 0.2) is 38.5 Å². The fourth-order valence-electron chi connectivity index (χ4n) is 1.89. The topological polar surface area (TPSA) is 71.7 Å². The zero-order valence-electron chi connectivity index (χ0n) is 10.1. The molecule has 0 radical (unpaired) electrons. The van der Waals surface area contributed by atoms with Gasteiger partial charge in [0.2, 0.25) is 5.91 Å². The van der Waals surface area contributed by atoms with Crippen LogP contribution >= 0.6 is 11.8 Å². The molecule has 1 aromatic heterocycles. The number of aliphatic imine (C=N–C) groups is 1. The number of hydrogen-bond donors (Lipinski definition) is 1. The molecule has 3 rings (SSSR count). The van der Waals surface area contributed by atoms with Gasteiger partial charge in [0.1, 0.15) is 5.58 Å². The maximum absolute atomic E-state index is 11.3. The van der Waals surface area contributed by atoms with E-state index in [1.54, 1.807) is 6.07 Å². The molecule has 0 bridgehead atoms. The van der Waals surface area contributed by atoms with Gasteiger partial charge in [0.25, 0.3) is 0 Å². The van der Waals surface area contributed by atoms with Crippen molar-refractivity contribution in [1.82, 2.24) is 5.32 Å². The summed E-state index contributed by atoms with van der Waals surface area (Å²) in [7, 11) is 0. The Morgan fingerprint density at radius 3 is 2.89 bits per heavy atom. The predicted molar refractivity (Wildman–Crippen MR) is 74.9 cm³/mol. The molecule has 0 atom stereocenters. The van der Waals surface area contributed by atoms with E-state index in [1.807, 2.05) is 19.1 Å². The highest BCUT2D eigenvalue weighted by Crippen LogP contribution is 2.24. The first-order valence-electron chi connectivity index (χ1n) is 5.68. The Balaban J connectivity index is 2.07. The van der Waals surface area contributed by atoms with Crippen molar-refractivity contribution >= 4 is 39.5 Å². The monoisotopic (exact) mass is 274 g/mol. The number of rotatable bonds is 1. The quantitative estimate of drug-likeness (QED) is 0.807. The lowest BCUT2D eigenvalue weighted by atomic mass is 10.1. The summed E-state index contributed by atoms with van der Waals surface area (Å²) in [5.74, 6) is 0.340. The summed E-state index contributed by atoms with van der Waals surface area (Å²) in [4.78, 5) is 26.7. The van der Waals surface area contributed by atoms with Crippen LogP contribution in [0.4, 0.5) is 5.69 Å². The predicted octanol–water partition coefficient (Wildman–Crippen LogP) is 1.95. The van der Waals surface area contributed by atoms with E-state index in [0.717, 1.165) is 10.9 Å². The van der Waals surface area contributed by atoms with Crippen LogP contribution in [0.1, 0.15) is 5.56 Å². The molecular formula is C13H10N2O3S. The van der Waals surface area contributed by atoms with Gasteiger partial charge in [0.15, 0.2) is 5.17 Å². The van der Waals surface area contributed by atoms with E-state index >= 15 is 0 Å². The normalized spacial score (nSPS) is 17.1. The lowest BCUT2D eigenvalue weighted by molar-refractivity contribution is -0.116. The van der Waals surface area contributed by atoms with Crippen molar-refractivity contribution < 1.29 is 9.21 Å². The zero-order valence-corrected chi connectivity index (χ0v) is 10.9. The molecule has 1 aromatic carbocycles. The van der Waals surface area contributed by atoms with E-state index in [1.165, 1.54) is 17.8 Å². The highest BCUT2D eigenvalue weighted by molar-refractivity contribution is 8.15. The molecule has 1 fully saturated rings. The second-order valence-corrected chi connectivity index (χ2v) is 5.15. The Labute approximate surface area is 112 Å². The van der Waals surface area contributed by atoms with Gasteiger partial charge in [-0.05, 0) is 24.6 Å². The minimum absolute atomic E-state index is 0.0492. The average molecular weight is 274 g/mol. The number of aryl methyl sites for hydroxylation is 1. The van der Waals surface area contributed by atoms with Crippen LogP contribution in [0.3, 0.4) is 0 Å². The summed E-state index contributed by atoms with van der Waals surface area (Å²) < 4.78 is 5.15. The molecule has 1 N–H and O–H groups in total. The van der Waals surface area contributed by atoms with E-state index in [0.29, 0.717) is 22.2 Å². The maximum atomic E-state index is 11.3. The SMILES string of the molecule is Cc1cc(=O)oc2cc(N=C3NC(=O)CS3)ccc12. The van der Waals surface area contributed by atoms with Crippen molar-refractivity contribution in [2.45, 2.75) is 6.92 Å². The minimum Gasteiger partial charge on any atom is -0.423 e. The van der Waals surface area contributed by atoms with Crippen molar-refractivity contribution in [2.75, 3.05) is 5.75 Å². The molecule has 2 aromatic rings. The molecule has 0 saturated carbocycles. The molecule has 1 amide bonds. The molecule has 1 aliphatic heterocycles. The molecule has 0 spiro atoms. The van der Waals surface area contributed by atoms with Crippen LogP contribution < -0.4 is 10.9 Å². The number of hydrogen-bond acceptors (Lipinski definition) is 5. The van der Waals surface area contributed by atoms with Gasteiger partial charge in [-0.1, -0.05) is 11.8 Å². The van der Waals surface area contributed by atoms with E-state index in [4.69, 9.17) is 4.42 Å². The summed E-state index contributed by atoms with van der Waals surface area (Å²) in [5.41, 5.74) is 1.64. The van der Waals surface area contributed by atoms with Gasteiger partial charge in [0, 0.05) is 17.5 Å². The maximum Gasteiger partial charge on any atom is 0.336 e. The van der Waals surface area contributed by atoms with Gasteiger partial charge in [0.05, 0.1) is 11.4 Å². The molecule has 1 saturated heterocycles. The summed E-state index contributed by atoms with van der Waals surface area (Å²) in [6.07, 6.45) is 0. The summed E-state index contributed by atoms with van der Waals surface area (Å²) in [6, 6.07) is 6.84. The molecule has 0 aliphatic carbocycles. The number of amides is 1. The van der Waals surface area contributed by atoms with Crippen LogP contribution in [0.5, 0.6) is 0 Å². The van der Waals surface area contributed by atoms with E-state index in [2.05, 4.69) is 10.3 Å². The number of carbonyl (C=O) groups is 1. The van der Waals surface area contributed by atoms with Gasteiger partial charge in [-0.25, -0.2) is 9.79 Å². The Morgan fingerprint density at radius 2 is 2.16 bits per heavy atom. The van der Waals surface area contributed by atoms with Gasteiger partial charge in [-0.2, -0.15) is 0 Å². The van der Waals surface area contributed by atoms with Crippen LogP contribution in [0, 0.1) is 6.92 Å². The average Bonchev–Trinajstić information content (AvgIpc) is 2.74. The van der Waals surface area contributed by atoms with Crippen LogP contribution in [-0.2, 0) is 4.79 Å². The fraction of sp³-hybridized carbons (Fsp3) is 0.154. The third-order valence-corrected chi connectivity index (χ3v) is 3.63. The summed E-state index contributed by atoms with van der Waals surface area (Å²) in [6.45, 7) is 1.86. The van der Waals surface area contributed by atoms with Crippen LogP contribution in [-0.4, -0.2) is 16.8 Å². The first-order valence-corrected chi connectivity index (χ1v) is 6.66. The molecule has 96 valence electrons. The van der Waals surface area contributed by atoms with E-state index < -0.39 is 0 Å². The first-order chi connectivity index (χ1) is 9.11. The molecule has 2 heterocycles. The zero-order chi connectivity index (χ0) is 13.4. The van der Waals surface area contributed by atoms with Crippen LogP contribution in [0.25, 0.3) is 11.0 Å². The van der Waals surface area contributed by atoms with Crippen LogP contribution in [0.2, 0.25) is 0 Å². The van der Waals surface area contributed by atoms with Gasteiger partial charge in [-0.3, -0.25) is 4.79 Å². The van der Waals surface area contributed by atoms with Gasteiger partial charge in [-0.15, -0.1) is 0 Å². The number of amidine groups is 1. The number of benzene rings is 1. The van der Waals surface area contributed by atoms with E-state index in [9.17, 15) is 9.59 Å². The second kappa shape index (κ2) is 4.55. The van der Waals surface area contributed by atoms with Crippen molar-refractivity contribution in [2.24, 2.45) is 4.99 Å². The molecule has 1 aliphatic rings. The number of carbonyl (C=O) groups excluding carboxylic acids is 1. The number of thioether (sulfide) groups is 1. The fourth-order valence-corrected chi connectivity index (χ4v) is 2.58. The van der Waals surface area contributed by atoms with E-state index in [-0.39, 0.29) is 11.5 Å². The van der Waals surface area contributed by atoms with Gasteiger partial charge < -0.3 is 9.73 Å². The molecular weight excluding hydrogens is 264 g/mol. The van der Waals surface area contributed by atoms with Crippen molar-refractivity contribution in [3.05, 3.63) is 40.2 Å². The summed E-state index contributed by atoms with van der Waals surface area (Å²) in [5, 5.41) is 4.10. The first kappa shape index (κ1) is 12.0. The number of nitrogens with zero attached hydrogens (tertiary/aromatic N) is 1. The molecule has 6 heteroatoms. The molecule has 19 heavy (non-hydrogen) atoms. The van der Waals surface area contributed by atoms with Crippen molar-refractivity contribution in [3.63, 3.8) is 0 Å². The smallest absolute Gasteiger partial charge is 0.336 e. The Kier molecular flexibility index (Phi) is 2.87. The third kappa shape index (κ3) is 2.39. The molecule has 0 unspecified atom stereocenters. The largest absolute Gasteiger partial charge is 0.423 e.